The van der Waals surface area contributed by atoms with Gasteiger partial charge >= 0.3 is 5.97 Å². The lowest BCUT2D eigenvalue weighted by Crippen LogP contribution is -2.34. The summed E-state index contributed by atoms with van der Waals surface area (Å²) >= 11 is 0. The number of rotatable bonds is 5. The smallest absolute Gasteiger partial charge is 0.302 e. The number of allylic oxidation sites excluding steroid dienone is 2. The summed E-state index contributed by atoms with van der Waals surface area (Å²) in [7, 11) is -3.88. The van der Waals surface area contributed by atoms with E-state index < -0.39 is 33.8 Å². The number of hydrogen-bond donors (Lipinski definition) is 0. The molecule has 4 aliphatic rings. The Balaban J connectivity index is 0.000000184. The second kappa shape index (κ2) is 9.18. The summed E-state index contributed by atoms with van der Waals surface area (Å²) in [4.78, 5) is 34.6. The molecule has 0 aromatic rings. The number of ether oxygens (including phenoxy) is 1. The molecule has 0 aromatic heterocycles. The Morgan fingerprint density at radius 3 is 2.47 bits per heavy atom. The van der Waals surface area contributed by atoms with E-state index in [1.807, 2.05) is 19.1 Å². The van der Waals surface area contributed by atoms with E-state index in [0.29, 0.717) is 24.0 Å². The number of hydrogen-bond acceptors (Lipinski definition) is 7. The van der Waals surface area contributed by atoms with E-state index >= 15 is 0 Å². The first kappa shape index (κ1) is 22.9. The van der Waals surface area contributed by atoms with Crippen molar-refractivity contribution in [2.75, 3.05) is 12.9 Å². The molecule has 0 radical (unpaired) electrons. The molecule has 2 amide bonds. The largest absolute Gasteiger partial charge is 0.466 e. The molecule has 9 heteroatoms. The number of hydroxylamine groups is 2. The van der Waals surface area contributed by atoms with Crippen molar-refractivity contribution >= 4 is 27.9 Å². The summed E-state index contributed by atoms with van der Waals surface area (Å²) < 4.78 is 31.6. The van der Waals surface area contributed by atoms with Crippen molar-refractivity contribution in [3.63, 3.8) is 0 Å². The van der Waals surface area contributed by atoms with Crippen molar-refractivity contribution in [3.8, 4) is 0 Å². The Bertz CT molecular complexity index is 821. The van der Waals surface area contributed by atoms with E-state index in [4.69, 9.17) is 4.74 Å². The van der Waals surface area contributed by atoms with Crippen LogP contribution in [-0.2, 0) is 33.5 Å². The average molecular weight is 442 g/mol. The van der Waals surface area contributed by atoms with Crippen molar-refractivity contribution in [2.45, 2.75) is 52.4 Å². The zero-order valence-electron chi connectivity index (χ0n) is 17.8. The summed E-state index contributed by atoms with van der Waals surface area (Å²) in [5, 5.41) is 0.417. The SMILES string of the molecule is CC(=O)OCC1CC2CCC1C2.CCC1C=CCC2C(=O)N(OS(C)(=O)=O)C(=O)C12. The van der Waals surface area contributed by atoms with Crippen LogP contribution in [-0.4, -0.2) is 44.1 Å². The molecule has 0 N–H and O–H groups in total. The maximum absolute atomic E-state index is 12.1. The van der Waals surface area contributed by atoms with Gasteiger partial charge in [0.15, 0.2) is 0 Å². The highest BCUT2D eigenvalue weighted by atomic mass is 32.2. The van der Waals surface area contributed by atoms with Gasteiger partial charge in [0, 0.05) is 6.92 Å². The highest BCUT2D eigenvalue weighted by molar-refractivity contribution is 7.85. The van der Waals surface area contributed by atoms with Crippen LogP contribution in [0.3, 0.4) is 0 Å². The Morgan fingerprint density at radius 1 is 1.20 bits per heavy atom. The number of imide groups is 1. The predicted molar refractivity (Wildman–Crippen MR) is 108 cm³/mol. The second-order valence-electron chi connectivity index (χ2n) is 8.86. The van der Waals surface area contributed by atoms with Gasteiger partial charge in [-0.05, 0) is 55.8 Å². The van der Waals surface area contributed by atoms with Gasteiger partial charge in [0.2, 0.25) is 0 Å². The fourth-order valence-electron chi connectivity index (χ4n) is 5.37. The molecule has 1 aliphatic heterocycles. The minimum atomic E-state index is -3.88. The van der Waals surface area contributed by atoms with E-state index in [2.05, 4.69) is 4.28 Å². The zero-order valence-corrected chi connectivity index (χ0v) is 18.6. The van der Waals surface area contributed by atoms with Crippen LogP contribution in [0.4, 0.5) is 0 Å². The van der Waals surface area contributed by atoms with Gasteiger partial charge in [-0.25, -0.2) is 0 Å². The van der Waals surface area contributed by atoms with Crippen LogP contribution in [0.15, 0.2) is 12.2 Å². The van der Waals surface area contributed by atoms with Crippen LogP contribution in [0, 0.1) is 35.5 Å². The van der Waals surface area contributed by atoms with Gasteiger partial charge in [-0.2, -0.15) is 8.42 Å². The standard InChI is InChI=1S/C11H15NO5S.C10H16O2/c1-3-7-5-4-6-8-9(7)11(14)12(10(8)13)17-18(2,15)16;1-7(11)12-6-10-5-8-2-3-9(10)4-8/h4-5,7-9H,3,6H2,1-2H3;8-10H,2-6H2,1H3. The Hall–Kier alpha value is -1.74. The number of amides is 2. The number of carbonyl (C=O) groups is 3. The van der Waals surface area contributed by atoms with Crippen molar-refractivity contribution in [1.29, 1.82) is 0 Å². The maximum atomic E-state index is 12.1. The van der Waals surface area contributed by atoms with Gasteiger partial charge in [0.05, 0.1) is 24.7 Å². The monoisotopic (exact) mass is 441 g/mol. The molecular formula is C21H31NO7S. The average Bonchev–Trinajstić information content (AvgIpc) is 3.37. The minimum absolute atomic E-state index is 0.0339. The van der Waals surface area contributed by atoms with Crippen molar-refractivity contribution < 1.29 is 31.8 Å². The van der Waals surface area contributed by atoms with Crippen LogP contribution in [0.25, 0.3) is 0 Å². The summed E-state index contributed by atoms with van der Waals surface area (Å²) in [5.74, 6) is 0.261. The molecule has 2 bridgehead atoms. The van der Waals surface area contributed by atoms with Gasteiger partial charge in [-0.3, -0.25) is 14.4 Å². The number of esters is 1. The Labute approximate surface area is 178 Å². The van der Waals surface area contributed by atoms with Crippen LogP contribution < -0.4 is 0 Å². The van der Waals surface area contributed by atoms with Gasteiger partial charge in [0.25, 0.3) is 21.9 Å². The van der Waals surface area contributed by atoms with Crippen LogP contribution in [0.5, 0.6) is 0 Å². The molecule has 6 unspecified atom stereocenters. The topological polar surface area (TPSA) is 107 Å². The first-order valence-corrected chi connectivity index (χ1v) is 12.5. The van der Waals surface area contributed by atoms with E-state index in [1.54, 1.807) is 0 Å². The highest BCUT2D eigenvalue weighted by Crippen LogP contribution is 2.48. The third kappa shape index (κ3) is 5.11. The molecule has 30 heavy (non-hydrogen) atoms. The summed E-state index contributed by atoms with van der Waals surface area (Å²) in [6.07, 6.45) is 11.3. The van der Waals surface area contributed by atoms with Gasteiger partial charge in [-0.1, -0.05) is 25.5 Å². The van der Waals surface area contributed by atoms with Crippen LogP contribution >= 0.6 is 0 Å². The molecule has 2 saturated carbocycles. The molecule has 1 heterocycles. The van der Waals surface area contributed by atoms with E-state index in [1.165, 1.54) is 32.6 Å². The Morgan fingerprint density at radius 2 is 1.93 bits per heavy atom. The van der Waals surface area contributed by atoms with Crippen molar-refractivity contribution in [3.05, 3.63) is 12.2 Å². The lowest BCUT2D eigenvalue weighted by Gasteiger charge is -2.24. The number of fused-ring (bicyclic) bond motifs is 3. The minimum Gasteiger partial charge on any atom is -0.466 e. The number of nitrogens with zero attached hydrogens (tertiary/aromatic N) is 1. The van der Waals surface area contributed by atoms with E-state index in [0.717, 1.165) is 24.5 Å². The zero-order chi connectivity index (χ0) is 22.1. The molecule has 1 saturated heterocycles. The molecular weight excluding hydrogens is 410 g/mol. The molecule has 3 aliphatic carbocycles. The predicted octanol–water partition coefficient (Wildman–Crippen LogP) is 2.45. The van der Waals surface area contributed by atoms with Crippen LogP contribution in [0.2, 0.25) is 0 Å². The maximum Gasteiger partial charge on any atom is 0.302 e. The van der Waals surface area contributed by atoms with E-state index in [9.17, 15) is 22.8 Å². The highest BCUT2D eigenvalue weighted by Gasteiger charge is 2.52. The van der Waals surface area contributed by atoms with Gasteiger partial charge in [0.1, 0.15) is 0 Å². The Kier molecular flexibility index (Phi) is 7.02. The van der Waals surface area contributed by atoms with Crippen molar-refractivity contribution in [1.82, 2.24) is 5.06 Å². The van der Waals surface area contributed by atoms with Crippen LogP contribution in [0.1, 0.15) is 52.4 Å². The lowest BCUT2D eigenvalue weighted by atomic mass is 9.76. The van der Waals surface area contributed by atoms with Gasteiger partial charge in [-0.15, -0.1) is 9.35 Å². The normalized spacial score (nSPS) is 34.6. The van der Waals surface area contributed by atoms with E-state index in [-0.39, 0.29) is 11.9 Å². The third-order valence-corrected chi connectivity index (χ3v) is 7.16. The lowest BCUT2D eigenvalue weighted by molar-refractivity contribution is -0.165. The molecule has 8 nitrogen and oxygen atoms in total. The molecule has 0 aromatic carbocycles. The summed E-state index contributed by atoms with van der Waals surface area (Å²) in [5.41, 5.74) is 0. The fraction of sp³-hybridized carbons (Fsp3) is 0.762. The third-order valence-electron chi connectivity index (χ3n) is 6.74. The molecule has 0 spiro atoms. The quantitative estimate of drug-likeness (QED) is 0.366. The first-order chi connectivity index (χ1) is 14.1. The van der Waals surface area contributed by atoms with Crippen molar-refractivity contribution in [2.24, 2.45) is 35.5 Å². The molecule has 168 valence electrons. The second-order valence-corrected chi connectivity index (χ2v) is 10.4. The summed E-state index contributed by atoms with van der Waals surface area (Å²) in [6, 6.07) is 0. The molecule has 6 atom stereocenters. The van der Waals surface area contributed by atoms with Gasteiger partial charge < -0.3 is 4.74 Å². The first-order valence-electron chi connectivity index (χ1n) is 10.7. The summed E-state index contributed by atoms with van der Waals surface area (Å²) in [6.45, 7) is 4.10. The molecule has 4 rings (SSSR count). The number of carbonyl (C=O) groups excluding carboxylic acids is 3. The fourth-order valence-corrected chi connectivity index (χ4v) is 5.79. The molecule has 3 fully saturated rings.